The van der Waals surface area contributed by atoms with Crippen LogP contribution in [0, 0.1) is 0 Å². The van der Waals surface area contributed by atoms with Crippen molar-refractivity contribution >= 4 is 28.4 Å². The molecule has 0 saturated carbocycles. The Morgan fingerprint density at radius 2 is 2.00 bits per heavy atom. The molecule has 1 aromatic carbocycles. The SMILES string of the molecule is COC(=O)c1nc(N=C(N)N)sc1-c1ccccc1. The molecular weight excluding hydrogens is 264 g/mol. The molecule has 0 radical (unpaired) electrons. The summed E-state index contributed by atoms with van der Waals surface area (Å²) >= 11 is 1.23. The van der Waals surface area contributed by atoms with Gasteiger partial charge in [-0.15, -0.1) is 0 Å². The zero-order valence-corrected chi connectivity index (χ0v) is 11.0. The number of ether oxygens (including phenoxy) is 1. The molecule has 19 heavy (non-hydrogen) atoms. The summed E-state index contributed by atoms with van der Waals surface area (Å²) in [6.45, 7) is 0. The minimum absolute atomic E-state index is 0.107. The fraction of sp³-hybridized carbons (Fsp3) is 0.0833. The summed E-state index contributed by atoms with van der Waals surface area (Å²) in [7, 11) is 1.30. The van der Waals surface area contributed by atoms with E-state index in [1.54, 1.807) is 0 Å². The van der Waals surface area contributed by atoms with Gasteiger partial charge in [-0.25, -0.2) is 9.78 Å². The summed E-state index contributed by atoms with van der Waals surface area (Å²) < 4.78 is 4.71. The van der Waals surface area contributed by atoms with Gasteiger partial charge in [0, 0.05) is 0 Å². The van der Waals surface area contributed by atoms with E-state index in [1.807, 2.05) is 30.3 Å². The summed E-state index contributed by atoms with van der Waals surface area (Å²) in [5.74, 6) is -0.628. The van der Waals surface area contributed by atoms with Gasteiger partial charge in [-0.2, -0.15) is 4.99 Å². The smallest absolute Gasteiger partial charge is 0.358 e. The van der Waals surface area contributed by atoms with Crippen LogP contribution < -0.4 is 11.5 Å². The Kier molecular flexibility index (Phi) is 3.76. The van der Waals surface area contributed by atoms with E-state index in [0.717, 1.165) is 5.56 Å². The lowest BCUT2D eigenvalue weighted by Crippen LogP contribution is -2.21. The number of aliphatic imine (C=N–C) groups is 1. The van der Waals surface area contributed by atoms with Crippen molar-refractivity contribution in [2.24, 2.45) is 16.5 Å². The van der Waals surface area contributed by atoms with Crippen molar-refractivity contribution in [3.8, 4) is 10.4 Å². The van der Waals surface area contributed by atoms with Crippen LogP contribution >= 0.6 is 11.3 Å². The lowest BCUT2D eigenvalue weighted by molar-refractivity contribution is 0.0596. The van der Waals surface area contributed by atoms with E-state index in [1.165, 1.54) is 18.4 Å². The maximum Gasteiger partial charge on any atom is 0.358 e. The predicted octanol–water partition coefficient (Wildman–Crippen LogP) is 1.50. The number of hydrogen-bond acceptors (Lipinski definition) is 5. The summed E-state index contributed by atoms with van der Waals surface area (Å²) in [6.07, 6.45) is 0. The molecule has 0 saturated heterocycles. The van der Waals surface area contributed by atoms with E-state index in [9.17, 15) is 4.79 Å². The Morgan fingerprint density at radius 1 is 1.32 bits per heavy atom. The fourth-order valence-corrected chi connectivity index (χ4v) is 2.44. The number of rotatable bonds is 3. The van der Waals surface area contributed by atoms with E-state index >= 15 is 0 Å². The van der Waals surface area contributed by atoms with E-state index < -0.39 is 5.97 Å². The third-order valence-electron chi connectivity index (χ3n) is 2.26. The number of methoxy groups -OCH3 is 1. The van der Waals surface area contributed by atoms with Crippen molar-refractivity contribution in [1.82, 2.24) is 4.98 Å². The average molecular weight is 276 g/mol. The number of nitrogens with two attached hydrogens (primary N) is 2. The highest BCUT2D eigenvalue weighted by Gasteiger charge is 2.19. The van der Waals surface area contributed by atoms with Crippen LogP contribution in [0.15, 0.2) is 35.3 Å². The molecule has 1 aromatic heterocycles. The molecule has 0 spiro atoms. The van der Waals surface area contributed by atoms with Crippen LogP contribution in [-0.4, -0.2) is 24.0 Å². The predicted molar refractivity (Wildman–Crippen MR) is 74.4 cm³/mol. The lowest BCUT2D eigenvalue weighted by Gasteiger charge is -1.99. The standard InChI is InChI=1S/C12H12N4O2S/c1-18-10(17)8-9(7-5-3-2-4-6-7)19-12(15-8)16-11(13)14/h2-6H,1H3,(H4,13,14,15,16). The molecule has 7 heteroatoms. The van der Waals surface area contributed by atoms with Crippen LogP contribution in [0.3, 0.4) is 0 Å². The Labute approximate surface area is 113 Å². The second kappa shape index (κ2) is 5.49. The van der Waals surface area contributed by atoms with Gasteiger partial charge in [-0.3, -0.25) is 0 Å². The first kappa shape index (κ1) is 13.0. The number of carbonyl (C=O) groups is 1. The Hall–Kier alpha value is -2.41. The first-order valence-electron chi connectivity index (χ1n) is 5.36. The normalized spacial score (nSPS) is 9.95. The summed E-state index contributed by atoms with van der Waals surface area (Å²) in [5.41, 5.74) is 11.7. The summed E-state index contributed by atoms with van der Waals surface area (Å²) in [6, 6.07) is 9.38. The van der Waals surface area contributed by atoms with Crippen LogP contribution in [0.25, 0.3) is 10.4 Å². The largest absolute Gasteiger partial charge is 0.464 e. The van der Waals surface area contributed by atoms with Gasteiger partial charge in [-0.05, 0) is 5.56 Å². The molecule has 0 atom stereocenters. The molecule has 0 aliphatic heterocycles. The molecule has 98 valence electrons. The lowest BCUT2D eigenvalue weighted by atomic mass is 10.1. The van der Waals surface area contributed by atoms with Crippen molar-refractivity contribution in [1.29, 1.82) is 0 Å². The van der Waals surface area contributed by atoms with E-state index in [4.69, 9.17) is 16.2 Å². The van der Waals surface area contributed by atoms with Crippen LogP contribution in [0.4, 0.5) is 5.13 Å². The first-order chi connectivity index (χ1) is 9.11. The van der Waals surface area contributed by atoms with Gasteiger partial charge in [0.25, 0.3) is 0 Å². The number of nitrogens with zero attached hydrogens (tertiary/aromatic N) is 2. The third-order valence-corrected chi connectivity index (χ3v) is 3.25. The van der Waals surface area contributed by atoms with E-state index in [2.05, 4.69) is 9.98 Å². The van der Waals surface area contributed by atoms with Crippen molar-refractivity contribution in [3.63, 3.8) is 0 Å². The third kappa shape index (κ3) is 2.89. The number of carbonyl (C=O) groups excluding carboxylic acids is 1. The van der Waals surface area contributed by atoms with Crippen LogP contribution in [0.1, 0.15) is 10.5 Å². The molecule has 0 amide bonds. The monoisotopic (exact) mass is 276 g/mol. The topological polar surface area (TPSA) is 104 Å². The van der Waals surface area contributed by atoms with Gasteiger partial charge in [-0.1, -0.05) is 41.7 Å². The zero-order valence-electron chi connectivity index (χ0n) is 10.2. The van der Waals surface area contributed by atoms with Crippen molar-refractivity contribution in [2.45, 2.75) is 0 Å². The molecule has 0 aliphatic rings. The maximum absolute atomic E-state index is 11.7. The van der Waals surface area contributed by atoms with Gasteiger partial charge in [0.1, 0.15) is 0 Å². The van der Waals surface area contributed by atoms with Gasteiger partial charge in [0.15, 0.2) is 11.7 Å². The van der Waals surface area contributed by atoms with Gasteiger partial charge < -0.3 is 16.2 Å². The molecule has 2 rings (SSSR count). The molecule has 0 aliphatic carbocycles. The molecule has 2 aromatic rings. The van der Waals surface area contributed by atoms with Crippen LogP contribution in [0.5, 0.6) is 0 Å². The summed E-state index contributed by atoms with van der Waals surface area (Å²) in [4.78, 5) is 20.3. The quantitative estimate of drug-likeness (QED) is 0.502. The molecule has 1 heterocycles. The van der Waals surface area contributed by atoms with Crippen molar-refractivity contribution in [3.05, 3.63) is 36.0 Å². The summed E-state index contributed by atoms with van der Waals surface area (Å²) in [5, 5.41) is 0.319. The van der Waals surface area contributed by atoms with Crippen molar-refractivity contribution < 1.29 is 9.53 Å². The van der Waals surface area contributed by atoms with E-state index in [-0.39, 0.29) is 11.7 Å². The minimum atomic E-state index is -0.521. The highest BCUT2D eigenvalue weighted by atomic mass is 32.1. The number of aromatic nitrogens is 1. The van der Waals surface area contributed by atoms with Gasteiger partial charge in [0.05, 0.1) is 12.0 Å². The Balaban J connectivity index is 2.55. The number of thiazole rings is 1. The zero-order chi connectivity index (χ0) is 13.8. The second-order valence-electron chi connectivity index (χ2n) is 3.57. The van der Waals surface area contributed by atoms with Crippen LogP contribution in [-0.2, 0) is 4.74 Å². The molecule has 0 bridgehead atoms. The molecular formula is C12H12N4O2S. The molecule has 0 fully saturated rings. The first-order valence-corrected chi connectivity index (χ1v) is 6.17. The van der Waals surface area contributed by atoms with Gasteiger partial charge >= 0.3 is 5.97 Å². The Bertz CT molecular complexity index is 618. The van der Waals surface area contributed by atoms with E-state index in [0.29, 0.717) is 10.0 Å². The van der Waals surface area contributed by atoms with Gasteiger partial charge in [0.2, 0.25) is 5.13 Å². The Morgan fingerprint density at radius 3 is 2.58 bits per heavy atom. The molecule has 0 unspecified atom stereocenters. The van der Waals surface area contributed by atoms with Crippen molar-refractivity contribution in [2.75, 3.05) is 7.11 Å². The second-order valence-corrected chi connectivity index (χ2v) is 4.55. The fourth-order valence-electron chi connectivity index (χ4n) is 1.49. The number of hydrogen-bond donors (Lipinski definition) is 2. The number of benzene rings is 1. The number of guanidine groups is 1. The molecule has 4 N–H and O–H groups in total. The molecule has 6 nitrogen and oxygen atoms in total. The highest BCUT2D eigenvalue weighted by Crippen LogP contribution is 2.34. The number of esters is 1. The minimum Gasteiger partial charge on any atom is -0.464 e. The van der Waals surface area contributed by atoms with Crippen LogP contribution in [0.2, 0.25) is 0 Å². The maximum atomic E-state index is 11.7. The highest BCUT2D eigenvalue weighted by molar-refractivity contribution is 7.19. The average Bonchev–Trinajstić information content (AvgIpc) is 2.82.